The van der Waals surface area contributed by atoms with Crippen molar-refractivity contribution in [1.82, 2.24) is 0 Å². The molecule has 19 heavy (non-hydrogen) atoms. The maximum absolute atomic E-state index is 6.31. The van der Waals surface area contributed by atoms with Gasteiger partial charge in [0.05, 0.1) is 6.04 Å². The highest BCUT2D eigenvalue weighted by Crippen LogP contribution is 2.33. The Kier molecular flexibility index (Phi) is 4.48. The molecule has 1 atom stereocenters. The summed E-state index contributed by atoms with van der Waals surface area (Å²) < 4.78 is 1.26. The standard InChI is InChI=1S/C15H12ClNS.ClH/c16-12-7-3-2-6-11(12)15(17)14-9-10-5-1-4-8-13(10)18-14;/h1-9,15H,17H2;1H/t15-;/m1./s1. The zero-order valence-corrected chi connectivity index (χ0v) is 12.4. The molecule has 4 heteroatoms. The Balaban J connectivity index is 0.00000133. The zero-order chi connectivity index (χ0) is 12.5. The molecule has 1 aromatic heterocycles. The van der Waals surface area contributed by atoms with Crippen molar-refractivity contribution in [3.8, 4) is 0 Å². The van der Waals surface area contributed by atoms with Crippen LogP contribution in [0.25, 0.3) is 10.1 Å². The number of nitrogens with two attached hydrogens (primary N) is 1. The smallest absolute Gasteiger partial charge is 0.0661 e. The van der Waals surface area contributed by atoms with Crippen molar-refractivity contribution >= 4 is 45.4 Å². The van der Waals surface area contributed by atoms with Crippen molar-refractivity contribution in [3.05, 3.63) is 70.1 Å². The van der Waals surface area contributed by atoms with Gasteiger partial charge in [0.1, 0.15) is 0 Å². The molecule has 0 bridgehead atoms. The molecule has 0 aliphatic carbocycles. The molecule has 2 N–H and O–H groups in total. The zero-order valence-electron chi connectivity index (χ0n) is 10.0. The second kappa shape index (κ2) is 5.93. The minimum absolute atomic E-state index is 0. The Morgan fingerprint density at radius 1 is 1.00 bits per heavy atom. The van der Waals surface area contributed by atoms with Crippen molar-refractivity contribution in [3.63, 3.8) is 0 Å². The molecule has 0 amide bonds. The average Bonchev–Trinajstić information content (AvgIpc) is 2.82. The van der Waals surface area contributed by atoms with Crippen LogP contribution in [-0.2, 0) is 0 Å². The van der Waals surface area contributed by atoms with Gasteiger partial charge < -0.3 is 5.73 Å². The molecule has 0 saturated heterocycles. The highest BCUT2D eigenvalue weighted by Gasteiger charge is 2.14. The molecule has 0 aliphatic rings. The molecular weight excluding hydrogens is 297 g/mol. The second-order valence-corrected chi connectivity index (χ2v) is 5.71. The number of thiophene rings is 1. The molecule has 0 aliphatic heterocycles. The molecule has 0 spiro atoms. The van der Waals surface area contributed by atoms with Gasteiger partial charge in [-0.3, -0.25) is 0 Å². The van der Waals surface area contributed by atoms with Crippen LogP contribution in [-0.4, -0.2) is 0 Å². The summed E-state index contributed by atoms with van der Waals surface area (Å²) >= 11 is 7.92. The molecule has 3 aromatic rings. The molecule has 0 radical (unpaired) electrons. The molecule has 98 valence electrons. The molecule has 3 rings (SSSR count). The lowest BCUT2D eigenvalue weighted by Gasteiger charge is -2.11. The highest BCUT2D eigenvalue weighted by atomic mass is 35.5. The van der Waals surface area contributed by atoms with E-state index >= 15 is 0 Å². The third-order valence-corrected chi connectivity index (χ3v) is 4.53. The molecule has 0 saturated carbocycles. The van der Waals surface area contributed by atoms with E-state index in [1.54, 1.807) is 11.3 Å². The number of halogens is 2. The fourth-order valence-electron chi connectivity index (χ4n) is 2.04. The summed E-state index contributed by atoms with van der Waals surface area (Å²) in [6.45, 7) is 0. The van der Waals surface area contributed by atoms with Gasteiger partial charge in [-0.25, -0.2) is 0 Å². The first-order valence-electron chi connectivity index (χ1n) is 5.74. The Hall–Kier alpha value is -1.06. The Labute approximate surface area is 127 Å². The van der Waals surface area contributed by atoms with E-state index in [-0.39, 0.29) is 18.4 Å². The monoisotopic (exact) mass is 309 g/mol. The van der Waals surface area contributed by atoms with E-state index in [1.165, 1.54) is 10.1 Å². The van der Waals surface area contributed by atoms with Gasteiger partial charge in [0, 0.05) is 14.6 Å². The second-order valence-electron chi connectivity index (χ2n) is 4.19. The molecule has 1 nitrogen and oxygen atoms in total. The topological polar surface area (TPSA) is 26.0 Å². The summed E-state index contributed by atoms with van der Waals surface area (Å²) in [6, 6.07) is 18.0. The Bertz CT molecular complexity index is 660. The summed E-state index contributed by atoms with van der Waals surface area (Å²) in [5, 5.41) is 1.96. The summed E-state index contributed by atoms with van der Waals surface area (Å²) in [6.07, 6.45) is 0. The molecule has 2 aromatic carbocycles. The van der Waals surface area contributed by atoms with Crippen LogP contribution in [0.15, 0.2) is 54.6 Å². The summed E-state index contributed by atoms with van der Waals surface area (Å²) in [4.78, 5) is 1.14. The number of benzene rings is 2. The van der Waals surface area contributed by atoms with Crippen molar-refractivity contribution in [2.45, 2.75) is 6.04 Å². The highest BCUT2D eigenvalue weighted by molar-refractivity contribution is 7.19. The van der Waals surface area contributed by atoms with Crippen LogP contribution in [0.5, 0.6) is 0 Å². The quantitative estimate of drug-likeness (QED) is 0.706. The third kappa shape index (κ3) is 2.77. The van der Waals surface area contributed by atoms with Crippen LogP contribution in [0.3, 0.4) is 0 Å². The summed E-state index contributed by atoms with van der Waals surface area (Å²) in [5.74, 6) is 0. The summed E-state index contributed by atoms with van der Waals surface area (Å²) in [7, 11) is 0. The fraction of sp³-hybridized carbons (Fsp3) is 0.0667. The van der Waals surface area contributed by atoms with E-state index in [1.807, 2.05) is 36.4 Å². The molecule has 0 unspecified atom stereocenters. The first-order valence-corrected chi connectivity index (χ1v) is 6.93. The van der Waals surface area contributed by atoms with Crippen molar-refractivity contribution in [2.75, 3.05) is 0 Å². The predicted molar refractivity (Wildman–Crippen MR) is 86.6 cm³/mol. The van der Waals surface area contributed by atoms with Crippen molar-refractivity contribution in [2.24, 2.45) is 5.73 Å². The first kappa shape index (κ1) is 14.4. The minimum Gasteiger partial charge on any atom is -0.320 e. The van der Waals surface area contributed by atoms with Gasteiger partial charge in [-0.15, -0.1) is 23.7 Å². The van der Waals surface area contributed by atoms with Gasteiger partial charge >= 0.3 is 0 Å². The van der Waals surface area contributed by atoms with Crippen LogP contribution in [0.1, 0.15) is 16.5 Å². The largest absolute Gasteiger partial charge is 0.320 e. The summed E-state index contributed by atoms with van der Waals surface area (Å²) in [5.41, 5.74) is 7.28. The van der Waals surface area contributed by atoms with Gasteiger partial charge in [0.15, 0.2) is 0 Å². The average molecular weight is 310 g/mol. The number of rotatable bonds is 2. The van der Waals surface area contributed by atoms with E-state index in [0.717, 1.165) is 15.5 Å². The van der Waals surface area contributed by atoms with Crippen molar-refractivity contribution < 1.29 is 0 Å². The maximum Gasteiger partial charge on any atom is 0.0661 e. The Morgan fingerprint density at radius 2 is 1.68 bits per heavy atom. The lowest BCUT2D eigenvalue weighted by Crippen LogP contribution is -2.10. The van der Waals surface area contributed by atoms with Crippen LogP contribution in [0.4, 0.5) is 0 Å². The van der Waals surface area contributed by atoms with E-state index in [9.17, 15) is 0 Å². The van der Waals surface area contributed by atoms with Gasteiger partial charge in [-0.2, -0.15) is 0 Å². The van der Waals surface area contributed by atoms with Crippen LogP contribution >= 0.6 is 35.3 Å². The maximum atomic E-state index is 6.31. The molecule has 0 fully saturated rings. The number of hydrogen-bond donors (Lipinski definition) is 1. The van der Waals surface area contributed by atoms with Crippen molar-refractivity contribution in [1.29, 1.82) is 0 Å². The van der Waals surface area contributed by atoms with E-state index in [2.05, 4.69) is 18.2 Å². The molecule has 1 heterocycles. The van der Waals surface area contributed by atoms with E-state index in [4.69, 9.17) is 17.3 Å². The SMILES string of the molecule is Cl.N[C@@H](c1cc2ccccc2s1)c1ccccc1Cl. The minimum atomic E-state index is -0.156. The van der Waals surface area contributed by atoms with Crippen LogP contribution < -0.4 is 5.73 Å². The fourth-order valence-corrected chi connectivity index (χ4v) is 3.37. The van der Waals surface area contributed by atoms with Crippen LogP contribution in [0.2, 0.25) is 5.02 Å². The van der Waals surface area contributed by atoms with Gasteiger partial charge in [-0.05, 0) is 29.1 Å². The van der Waals surface area contributed by atoms with E-state index < -0.39 is 0 Å². The van der Waals surface area contributed by atoms with E-state index in [0.29, 0.717) is 0 Å². The predicted octanol–water partition coefficient (Wildman–Crippen LogP) is 5.02. The number of hydrogen-bond acceptors (Lipinski definition) is 2. The normalized spacial score (nSPS) is 12.1. The Morgan fingerprint density at radius 3 is 2.42 bits per heavy atom. The molecular formula is C15H13Cl2NS. The lowest BCUT2D eigenvalue weighted by molar-refractivity contribution is 0.894. The lowest BCUT2D eigenvalue weighted by atomic mass is 10.1. The van der Waals surface area contributed by atoms with Gasteiger partial charge in [0.25, 0.3) is 0 Å². The number of fused-ring (bicyclic) bond motifs is 1. The third-order valence-electron chi connectivity index (χ3n) is 2.99. The van der Waals surface area contributed by atoms with Gasteiger partial charge in [0.2, 0.25) is 0 Å². The first-order chi connectivity index (χ1) is 8.75. The van der Waals surface area contributed by atoms with Crippen LogP contribution in [0, 0.1) is 0 Å². The van der Waals surface area contributed by atoms with Gasteiger partial charge in [-0.1, -0.05) is 48.0 Å².